The van der Waals surface area contributed by atoms with Gasteiger partial charge < -0.3 is 0 Å². The van der Waals surface area contributed by atoms with Gasteiger partial charge >= 0.3 is 0 Å². The van der Waals surface area contributed by atoms with E-state index in [0.717, 1.165) is 5.57 Å². The highest BCUT2D eigenvalue weighted by Crippen LogP contribution is 2.41. The number of carbonyl (C=O) groups is 1. The maximum atomic E-state index is 11.6. The average Bonchev–Trinajstić information content (AvgIpc) is 2.21. The highest BCUT2D eigenvalue weighted by atomic mass is 16.1. The number of rotatable bonds is 3. The second kappa shape index (κ2) is 4.99. The number of carbonyl (C=O) groups excluding carboxylic acids is 1. The fraction of sp³-hybridized carbons (Fsp3) is 0.667. The van der Waals surface area contributed by atoms with Crippen LogP contribution in [0.5, 0.6) is 0 Å². The number of ketones is 1. The molecule has 0 aromatic rings. The first-order valence-corrected chi connectivity index (χ1v) is 6.30. The number of Topliss-reactive ketones (excluding diaryl/α,β-unsaturated/α-hetero) is 1. The predicted octanol–water partition coefficient (Wildman–Crippen LogP) is 4.44. The minimum Gasteiger partial charge on any atom is -0.295 e. The van der Waals surface area contributed by atoms with E-state index in [1.54, 1.807) is 0 Å². The molecular formula is C15H24O. The highest BCUT2D eigenvalue weighted by molar-refractivity contribution is 5.95. The molecule has 0 saturated carbocycles. The molecule has 0 fully saturated rings. The molecular weight excluding hydrogens is 196 g/mol. The molecule has 0 atom stereocenters. The van der Waals surface area contributed by atoms with Crippen LogP contribution in [0, 0.1) is 5.41 Å². The third kappa shape index (κ3) is 2.84. The molecule has 0 amide bonds. The maximum Gasteiger partial charge on any atom is 0.158 e. The van der Waals surface area contributed by atoms with Crippen LogP contribution in [-0.2, 0) is 4.79 Å². The lowest BCUT2D eigenvalue weighted by atomic mass is 9.72. The summed E-state index contributed by atoms with van der Waals surface area (Å²) in [5.74, 6) is 0.265. The Hall–Kier alpha value is -0.850. The first-order chi connectivity index (χ1) is 7.38. The van der Waals surface area contributed by atoms with Gasteiger partial charge in [0.05, 0.1) is 0 Å². The van der Waals surface area contributed by atoms with Crippen molar-refractivity contribution >= 4 is 5.78 Å². The van der Waals surface area contributed by atoms with E-state index < -0.39 is 0 Å². The third-order valence-electron chi connectivity index (χ3n) is 3.66. The lowest BCUT2D eigenvalue weighted by Gasteiger charge is -2.33. The fourth-order valence-corrected chi connectivity index (χ4v) is 2.54. The van der Waals surface area contributed by atoms with Gasteiger partial charge in [0.2, 0.25) is 0 Å². The lowest BCUT2D eigenvalue weighted by Crippen LogP contribution is -2.19. The van der Waals surface area contributed by atoms with Crippen molar-refractivity contribution in [2.75, 3.05) is 0 Å². The molecule has 16 heavy (non-hydrogen) atoms. The third-order valence-corrected chi connectivity index (χ3v) is 3.66. The molecule has 0 spiro atoms. The Morgan fingerprint density at radius 2 is 2.06 bits per heavy atom. The number of hydrogen-bond acceptors (Lipinski definition) is 1. The summed E-state index contributed by atoms with van der Waals surface area (Å²) in [6.07, 6.45) is 6.42. The van der Waals surface area contributed by atoms with E-state index in [1.165, 1.54) is 30.4 Å². The molecule has 0 unspecified atom stereocenters. The molecule has 1 heteroatoms. The summed E-state index contributed by atoms with van der Waals surface area (Å²) in [7, 11) is 0. The van der Waals surface area contributed by atoms with Gasteiger partial charge in [-0.05, 0) is 49.7 Å². The van der Waals surface area contributed by atoms with Gasteiger partial charge in [-0.15, -0.1) is 0 Å². The van der Waals surface area contributed by atoms with E-state index in [4.69, 9.17) is 0 Å². The molecule has 0 N–H and O–H groups in total. The van der Waals surface area contributed by atoms with E-state index in [2.05, 4.69) is 26.8 Å². The molecule has 1 aliphatic rings. The Morgan fingerprint density at radius 1 is 1.44 bits per heavy atom. The minimum absolute atomic E-state index is 0.234. The van der Waals surface area contributed by atoms with E-state index in [-0.39, 0.29) is 11.2 Å². The zero-order valence-corrected chi connectivity index (χ0v) is 11.3. The fourth-order valence-electron chi connectivity index (χ4n) is 2.54. The second-order valence-electron chi connectivity index (χ2n) is 5.54. The van der Waals surface area contributed by atoms with Crippen LogP contribution in [0.3, 0.4) is 0 Å². The van der Waals surface area contributed by atoms with Crippen molar-refractivity contribution in [1.82, 2.24) is 0 Å². The lowest BCUT2D eigenvalue weighted by molar-refractivity contribution is -0.115. The normalized spacial score (nSPS) is 21.2. The van der Waals surface area contributed by atoms with Gasteiger partial charge in [0, 0.05) is 6.42 Å². The number of hydrogen-bond donors (Lipinski definition) is 0. The Labute approximate surface area is 99.6 Å². The number of allylic oxidation sites excluding steroid dienone is 4. The Morgan fingerprint density at radius 3 is 2.56 bits per heavy atom. The SMILES string of the molecule is CCC(=O)/C(C)=C/C1=C(C)CCCC1(C)C. The molecule has 0 aromatic heterocycles. The van der Waals surface area contributed by atoms with Crippen LogP contribution in [0.1, 0.15) is 60.3 Å². The predicted molar refractivity (Wildman–Crippen MR) is 69.4 cm³/mol. The second-order valence-corrected chi connectivity index (χ2v) is 5.54. The summed E-state index contributed by atoms with van der Waals surface area (Å²) in [6.45, 7) is 10.6. The quantitative estimate of drug-likeness (QED) is 0.643. The summed E-state index contributed by atoms with van der Waals surface area (Å²) < 4.78 is 0. The van der Waals surface area contributed by atoms with Gasteiger partial charge in [-0.25, -0.2) is 0 Å². The van der Waals surface area contributed by atoms with Crippen molar-refractivity contribution in [2.24, 2.45) is 5.41 Å². The summed E-state index contributed by atoms with van der Waals surface area (Å²) in [6, 6.07) is 0. The van der Waals surface area contributed by atoms with Crippen LogP contribution in [0.2, 0.25) is 0 Å². The van der Waals surface area contributed by atoms with Crippen molar-refractivity contribution < 1.29 is 4.79 Å². The molecule has 0 saturated heterocycles. The average molecular weight is 220 g/mol. The van der Waals surface area contributed by atoms with Crippen LogP contribution in [0.4, 0.5) is 0 Å². The smallest absolute Gasteiger partial charge is 0.158 e. The van der Waals surface area contributed by atoms with Crippen molar-refractivity contribution in [3.8, 4) is 0 Å². The molecule has 0 aromatic carbocycles. The molecule has 0 heterocycles. The van der Waals surface area contributed by atoms with Gasteiger partial charge in [-0.3, -0.25) is 4.79 Å². The Balaban J connectivity index is 3.06. The van der Waals surface area contributed by atoms with Crippen molar-refractivity contribution in [1.29, 1.82) is 0 Å². The Kier molecular flexibility index (Phi) is 4.12. The van der Waals surface area contributed by atoms with E-state index >= 15 is 0 Å². The molecule has 90 valence electrons. The Bertz CT molecular complexity index is 342. The summed E-state index contributed by atoms with van der Waals surface area (Å²) in [5, 5.41) is 0. The first-order valence-electron chi connectivity index (χ1n) is 6.30. The van der Waals surface area contributed by atoms with Crippen LogP contribution >= 0.6 is 0 Å². The van der Waals surface area contributed by atoms with Crippen molar-refractivity contribution in [3.05, 3.63) is 22.8 Å². The molecule has 0 radical (unpaired) electrons. The molecule has 1 rings (SSSR count). The topological polar surface area (TPSA) is 17.1 Å². The molecule has 1 aliphatic carbocycles. The van der Waals surface area contributed by atoms with Gasteiger partial charge in [0.25, 0.3) is 0 Å². The van der Waals surface area contributed by atoms with Crippen LogP contribution < -0.4 is 0 Å². The molecule has 0 aliphatic heterocycles. The minimum atomic E-state index is 0.234. The molecule has 0 bridgehead atoms. The van der Waals surface area contributed by atoms with E-state index in [9.17, 15) is 4.79 Å². The van der Waals surface area contributed by atoms with E-state index in [1.807, 2.05) is 13.8 Å². The van der Waals surface area contributed by atoms with Crippen LogP contribution in [0.25, 0.3) is 0 Å². The van der Waals surface area contributed by atoms with Gasteiger partial charge in [-0.2, -0.15) is 0 Å². The van der Waals surface area contributed by atoms with Crippen molar-refractivity contribution in [3.63, 3.8) is 0 Å². The van der Waals surface area contributed by atoms with Gasteiger partial charge in [-0.1, -0.05) is 32.4 Å². The highest BCUT2D eigenvalue weighted by Gasteiger charge is 2.27. The van der Waals surface area contributed by atoms with Crippen LogP contribution in [0.15, 0.2) is 22.8 Å². The van der Waals surface area contributed by atoms with Gasteiger partial charge in [0.15, 0.2) is 5.78 Å². The largest absolute Gasteiger partial charge is 0.295 e. The standard InChI is InChI=1S/C15H24O/c1-6-14(16)12(3)10-13-11(2)8-7-9-15(13,4)5/h10H,6-9H2,1-5H3/b12-10+. The zero-order chi connectivity index (χ0) is 12.3. The van der Waals surface area contributed by atoms with Crippen molar-refractivity contribution in [2.45, 2.75) is 60.3 Å². The van der Waals surface area contributed by atoms with Gasteiger partial charge in [0.1, 0.15) is 0 Å². The molecule has 1 nitrogen and oxygen atoms in total. The van der Waals surface area contributed by atoms with Crippen LogP contribution in [-0.4, -0.2) is 5.78 Å². The van der Waals surface area contributed by atoms with E-state index in [0.29, 0.717) is 6.42 Å². The summed E-state index contributed by atoms with van der Waals surface area (Å²) in [5.41, 5.74) is 3.99. The summed E-state index contributed by atoms with van der Waals surface area (Å²) in [4.78, 5) is 11.6. The maximum absolute atomic E-state index is 11.6. The first kappa shape index (κ1) is 13.2. The summed E-state index contributed by atoms with van der Waals surface area (Å²) >= 11 is 0. The monoisotopic (exact) mass is 220 g/mol. The zero-order valence-electron chi connectivity index (χ0n) is 11.3.